The van der Waals surface area contributed by atoms with Crippen LogP contribution >= 0.6 is 0 Å². The van der Waals surface area contributed by atoms with E-state index in [1.54, 1.807) is 11.0 Å². The van der Waals surface area contributed by atoms with E-state index in [1.807, 2.05) is 0 Å². The van der Waals surface area contributed by atoms with Crippen molar-refractivity contribution < 1.29 is 5.11 Å². The second-order valence-corrected chi connectivity index (χ2v) is 2.31. The van der Waals surface area contributed by atoms with Gasteiger partial charge in [-0.05, 0) is 0 Å². The molecule has 0 aliphatic heterocycles. The Bertz CT molecular complexity index is 352. The molecule has 0 fully saturated rings. The number of hydrogen-bond acceptors (Lipinski definition) is 4. The number of aromatic hydroxyl groups is 1. The molecule has 6 heteroatoms. The van der Waals surface area contributed by atoms with E-state index in [9.17, 15) is 0 Å². The third-order valence-electron chi connectivity index (χ3n) is 1.39. The first-order chi connectivity index (χ1) is 5.84. The van der Waals surface area contributed by atoms with Gasteiger partial charge in [0.2, 0.25) is 5.88 Å². The number of nitrogens with zero attached hydrogens (tertiary/aromatic N) is 4. The van der Waals surface area contributed by atoms with Gasteiger partial charge in [-0.25, -0.2) is 14.6 Å². The van der Waals surface area contributed by atoms with Crippen molar-refractivity contribution in [3.63, 3.8) is 0 Å². The summed E-state index contributed by atoms with van der Waals surface area (Å²) >= 11 is 0. The highest BCUT2D eigenvalue weighted by atomic mass is 16.3. The van der Waals surface area contributed by atoms with Crippen molar-refractivity contribution in [2.24, 2.45) is 0 Å². The van der Waals surface area contributed by atoms with Crippen molar-refractivity contribution in [2.45, 2.75) is 6.54 Å². The average molecular weight is 165 g/mol. The van der Waals surface area contributed by atoms with Crippen LogP contribution in [-0.4, -0.2) is 29.8 Å². The number of H-pyrrole nitrogens is 1. The van der Waals surface area contributed by atoms with Crippen molar-refractivity contribution >= 4 is 0 Å². The lowest BCUT2D eigenvalue weighted by molar-refractivity contribution is 0.454. The molecule has 0 unspecified atom stereocenters. The number of hydrogen-bond donors (Lipinski definition) is 2. The lowest BCUT2D eigenvalue weighted by atomic mass is 10.6. The van der Waals surface area contributed by atoms with Gasteiger partial charge in [-0.2, -0.15) is 5.10 Å². The summed E-state index contributed by atoms with van der Waals surface area (Å²) in [4.78, 5) is 10.3. The number of rotatable bonds is 2. The van der Waals surface area contributed by atoms with Crippen molar-refractivity contribution in [1.82, 2.24) is 24.7 Å². The van der Waals surface area contributed by atoms with Gasteiger partial charge in [0.25, 0.3) is 0 Å². The lowest BCUT2D eigenvalue weighted by Crippen LogP contribution is -2.01. The standard InChI is InChI=1S/C6H7N5O/c12-6-1-8-5(10-6)2-11-4-7-3-9-11/h1,3-4,12H,2H2,(H,8,10). The van der Waals surface area contributed by atoms with Crippen LogP contribution in [0.3, 0.4) is 0 Å². The van der Waals surface area contributed by atoms with Gasteiger partial charge in [0.1, 0.15) is 25.0 Å². The molecule has 0 radical (unpaired) electrons. The molecule has 62 valence electrons. The second-order valence-electron chi connectivity index (χ2n) is 2.31. The predicted molar refractivity (Wildman–Crippen MR) is 39.4 cm³/mol. The topological polar surface area (TPSA) is 79.6 Å². The molecule has 0 aliphatic carbocycles. The van der Waals surface area contributed by atoms with Crippen LogP contribution in [0.4, 0.5) is 0 Å². The zero-order valence-electron chi connectivity index (χ0n) is 6.18. The summed E-state index contributed by atoms with van der Waals surface area (Å²) < 4.78 is 1.61. The fourth-order valence-corrected chi connectivity index (χ4v) is 0.900. The Morgan fingerprint density at radius 1 is 1.58 bits per heavy atom. The van der Waals surface area contributed by atoms with E-state index < -0.39 is 0 Å². The summed E-state index contributed by atoms with van der Waals surface area (Å²) in [5.41, 5.74) is 0. The highest BCUT2D eigenvalue weighted by Gasteiger charge is 1.99. The fourth-order valence-electron chi connectivity index (χ4n) is 0.900. The summed E-state index contributed by atoms with van der Waals surface area (Å²) in [6.45, 7) is 0.487. The maximum Gasteiger partial charge on any atom is 0.208 e. The van der Waals surface area contributed by atoms with Crippen LogP contribution in [-0.2, 0) is 6.54 Å². The predicted octanol–water partition coefficient (Wildman–Crippen LogP) is -0.245. The van der Waals surface area contributed by atoms with Crippen LogP contribution in [0.1, 0.15) is 5.82 Å². The lowest BCUT2D eigenvalue weighted by Gasteiger charge is -1.94. The Kier molecular flexibility index (Phi) is 1.51. The van der Waals surface area contributed by atoms with E-state index in [2.05, 4.69) is 20.1 Å². The molecule has 0 saturated carbocycles. The van der Waals surface area contributed by atoms with E-state index in [1.165, 1.54) is 12.5 Å². The molecular formula is C6H7N5O. The maximum absolute atomic E-state index is 8.92. The first kappa shape index (κ1) is 6.84. The maximum atomic E-state index is 8.92. The first-order valence-corrected chi connectivity index (χ1v) is 3.40. The van der Waals surface area contributed by atoms with E-state index >= 15 is 0 Å². The van der Waals surface area contributed by atoms with Crippen LogP contribution in [0.15, 0.2) is 18.9 Å². The van der Waals surface area contributed by atoms with E-state index in [0.717, 1.165) is 0 Å². The minimum absolute atomic E-state index is 0.0603. The van der Waals surface area contributed by atoms with Crippen molar-refractivity contribution in [1.29, 1.82) is 0 Å². The van der Waals surface area contributed by atoms with Gasteiger partial charge in [0.15, 0.2) is 0 Å². The number of nitrogens with one attached hydrogen (secondary N) is 1. The molecule has 0 aromatic carbocycles. The Labute approximate surface area is 67.9 Å². The van der Waals surface area contributed by atoms with Crippen LogP contribution in [0.5, 0.6) is 5.88 Å². The van der Waals surface area contributed by atoms with Gasteiger partial charge in [-0.3, -0.25) is 0 Å². The minimum atomic E-state index is 0.0603. The third kappa shape index (κ3) is 1.26. The van der Waals surface area contributed by atoms with Crippen LogP contribution in [0.25, 0.3) is 0 Å². The normalized spacial score (nSPS) is 10.3. The number of aromatic amines is 1. The highest BCUT2D eigenvalue weighted by Crippen LogP contribution is 2.03. The summed E-state index contributed by atoms with van der Waals surface area (Å²) in [5.74, 6) is 0.711. The number of aromatic nitrogens is 5. The van der Waals surface area contributed by atoms with Gasteiger partial charge in [-0.15, -0.1) is 0 Å². The van der Waals surface area contributed by atoms with Gasteiger partial charge in [-0.1, -0.05) is 0 Å². The molecule has 0 saturated heterocycles. The van der Waals surface area contributed by atoms with Crippen LogP contribution in [0, 0.1) is 0 Å². The Balaban J connectivity index is 2.14. The molecule has 6 nitrogen and oxygen atoms in total. The van der Waals surface area contributed by atoms with E-state index in [4.69, 9.17) is 5.11 Å². The van der Waals surface area contributed by atoms with Crippen molar-refractivity contribution in [3.8, 4) is 5.88 Å². The quantitative estimate of drug-likeness (QED) is 0.643. The van der Waals surface area contributed by atoms with E-state index in [0.29, 0.717) is 12.4 Å². The third-order valence-corrected chi connectivity index (χ3v) is 1.39. The highest BCUT2D eigenvalue weighted by molar-refractivity contribution is 5.04. The monoisotopic (exact) mass is 165 g/mol. The molecule has 0 aliphatic rings. The van der Waals surface area contributed by atoms with Crippen molar-refractivity contribution in [2.75, 3.05) is 0 Å². The Morgan fingerprint density at radius 3 is 3.08 bits per heavy atom. The Morgan fingerprint density at radius 2 is 2.50 bits per heavy atom. The SMILES string of the molecule is Oc1cnc(Cn2cncn2)[nH]1. The molecule has 2 N–H and O–H groups in total. The molecule has 2 rings (SSSR count). The summed E-state index contributed by atoms with van der Waals surface area (Å²) in [6.07, 6.45) is 4.38. The van der Waals surface area contributed by atoms with Crippen LogP contribution in [0.2, 0.25) is 0 Å². The number of imidazole rings is 1. The van der Waals surface area contributed by atoms with E-state index in [-0.39, 0.29) is 5.88 Å². The minimum Gasteiger partial charge on any atom is -0.493 e. The van der Waals surface area contributed by atoms with Gasteiger partial charge in [0.05, 0.1) is 6.20 Å². The smallest absolute Gasteiger partial charge is 0.208 e. The zero-order chi connectivity index (χ0) is 8.39. The zero-order valence-corrected chi connectivity index (χ0v) is 6.18. The summed E-state index contributed by atoms with van der Waals surface area (Å²) in [7, 11) is 0. The second kappa shape index (κ2) is 2.65. The van der Waals surface area contributed by atoms with Gasteiger partial charge in [0, 0.05) is 0 Å². The molecular weight excluding hydrogens is 158 g/mol. The fraction of sp³-hybridized carbons (Fsp3) is 0.167. The summed E-state index contributed by atoms with van der Waals surface area (Å²) in [6, 6.07) is 0. The molecule has 0 spiro atoms. The molecule has 12 heavy (non-hydrogen) atoms. The van der Waals surface area contributed by atoms with Crippen molar-refractivity contribution in [3.05, 3.63) is 24.7 Å². The molecule has 2 aromatic heterocycles. The first-order valence-electron chi connectivity index (χ1n) is 3.40. The molecule has 0 amide bonds. The molecule has 0 atom stereocenters. The molecule has 2 aromatic rings. The molecule has 2 heterocycles. The largest absolute Gasteiger partial charge is 0.493 e. The van der Waals surface area contributed by atoms with Gasteiger partial charge < -0.3 is 10.1 Å². The van der Waals surface area contributed by atoms with Gasteiger partial charge >= 0.3 is 0 Å². The average Bonchev–Trinajstić information content (AvgIpc) is 2.63. The van der Waals surface area contributed by atoms with Crippen LogP contribution < -0.4 is 0 Å². The molecule has 0 bridgehead atoms. The Hall–Kier alpha value is -1.85. The summed E-state index contributed by atoms with van der Waals surface area (Å²) in [5, 5.41) is 12.8.